The van der Waals surface area contributed by atoms with Gasteiger partial charge < -0.3 is 0 Å². The monoisotopic (exact) mass is 386 g/mol. The molecule has 0 N–H and O–H groups in total. The molecule has 2 heterocycles. The Kier molecular flexibility index (Phi) is 4.57. The predicted molar refractivity (Wildman–Crippen MR) is 97.2 cm³/mol. The van der Waals surface area contributed by atoms with E-state index in [9.17, 15) is 13.2 Å². The van der Waals surface area contributed by atoms with Crippen molar-refractivity contribution in [2.24, 2.45) is 0 Å². The summed E-state index contributed by atoms with van der Waals surface area (Å²) in [5.41, 5.74) is 1.44. The molecule has 0 atom stereocenters. The van der Waals surface area contributed by atoms with Gasteiger partial charge in [-0.1, -0.05) is 60.3 Å². The lowest BCUT2D eigenvalue weighted by Gasteiger charge is -2.08. The molecule has 4 rings (SSSR count). The fourth-order valence-corrected chi connectivity index (χ4v) is 3.41. The topological polar surface area (TPSA) is 43.1 Å². The summed E-state index contributed by atoms with van der Waals surface area (Å²) < 4.78 is 40.2. The van der Waals surface area contributed by atoms with Crippen molar-refractivity contribution in [3.63, 3.8) is 0 Å². The quantitative estimate of drug-likeness (QED) is 0.458. The van der Waals surface area contributed by atoms with Crippen molar-refractivity contribution >= 4 is 17.4 Å². The van der Waals surface area contributed by atoms with Gasteiger partial charge >= 0.3 is 6.18 Å². The SMILES string of the molecule is FC(F)(F)c1cccc(CSc2ccc3nnc(-c4ccccc4)n3n2)c1. The molecule has 4 nitrogen and oxygen atoms in total. The van der Waals surface area contributed by atoms with Crippen molar-refractivity contribution in [1.29, 1.82) is 0 Å². The average Bonchev–Trinajstić information content (AvgIpc) is 3.10. The van der Waals surface area contributed by atoms with Gasteiger partial charge in [0.05, 0.1) is 5.56 Å². The minimum Gasteiger partial charge on any atom is -0.192 e. The summed E-state index contributed by atoms with van der Waals surface area (Å²) in [4.78, 5) is 0. The number of fused-ring (bicyclic) bond motifs is 1. The Balaban J connectivity index is 1.58. The van der Waals surface area contributed by atoms with E-state index in [4.69, 9.17) is 0 Å². The average molecular weight is 386 g/mol. The molecule has 2 aromatic carbocycles. The molecular weight excluding hydrogens is 373 g/mol. The first-order valence-corrected chi connectivity index (χ1v) is 9.06. The number of rotatable bonds is 4. The smallest absolute Gasteiger partial charge is 0.192 e. The number of halogens is 3. The van der Waals surface area contributed by atoms with Crippen LogP contribution in [0.5, 0.6) is 0 Å². The number of hydrogen-bond acceptors (Lipinski definition) is 4. The molecule has 0 saturated heterocycles. The summed E-state index contributed by atoms with van der Waals surface area (Å²) >= 11 is 1.36. The van der Waals surface area contributed by atoms with Gasteiger partial charge in [-0.3, -0.25) is 0 Å². The zero-order valence-electron chi connectivity index (χ0n) is 13.9. The first-order valence-electron chi connectivity index (χ1n) is 8.07. The molecule has 0 aliphatic carbocycles. The maximum absolute atomic E-state index is 12.8. The highest BCUT2D eigenvalue weighted by molar-refractivity contribution is 7.98. The van der Waals surface area contributed by atoms with Crippen molar-refractivity contribution < 1.29 is 13.2 Å². The molecule has 0 bridgehead atoms. The number of benzene rings is 2. The summed E-state index contributed by atoms with van der Waals surface area (Å²) in [5, 5.41) is 13.5. The summed E-state index contributed by atoms with van der Waals surface area (Å²) in [7, 11) is 0. The fraction of sp³-hybridized carbons (Fsp3) is 0.105. The van der Waals surface area contributed by atoms with E-state index in [-0.39, 0.29) is 0 Å². The van der Waals surface area contributed by atoms with E-state index >= 15 is 0 Å². The molecule has 136 valence electrons. The summed E-state index contributed by atoms with van der Waals surface area (Å²) in [6.45, 7) is 0. The minimum atomic E-state index is -4.34. The van der Waals surface area contributed by atoms with Crippen molar-refractivity contribution in [3.05, 3.63) is 77.9 Å². The van der Waals surface area contributed by atoms with Crippen LogP contribution >= 0.6 is 11.8 Å². The molecule has 2 aromatic heterocycles. The lowest BCUT2D eigenvalue weighted by Crippen LogP contribution is -2.05. The molecule has 0 fully saturated rings. The maximum Gasteiger partial charge on any atom is 0.416 e. The molecule has 0 amide bonds. The minimum absolute atomic E-state index is 0.380. The molecule has 0 radical (unpaired) electrons. The van der Waals surface area contributed by atoms with Gasteiger partial charge in [0.1, 0.15) is 5.03 Å². The Morgan fingerprint density at radius 1 is 0.889 bits per heavy atom. The van der Waals surface area contributed by atoms with Crippen molar-refractivity contribution in [2.45, 2.75) is 17.0 Å². The summed E-state index contributed by atoms with van der Waals surface area (Å²) in [6.07, 6.45) is -4.34. The second-order valence-corrected chi connectivity index (χ2v) is 6.81. The Labute approximate surface area is 157 Å². The van der Waals surface area contributed by atoms with Gasteiger partial charge in [-0.05, 0) is 23.8 Å². The molecule has 0 aliphatic rings. The Morgan fingerprint density at radius 3 is 2.48 bits per heavy atom. The second kappa shape index (κ2) is 7.03. The van der Waals surface area contributed by atoms with Crippen LogP contribution in [0.25, 0.3) is 17.0 Å². The van der Waals surface area contributed by atoms with Crippen molar-refractivity contribution in [3.8, 4) is 11.4 Å². The summed E-state index contributed by atoms with van der Waals surface area (Å²) in [6, 6.07) is 18.5. The van der Waals surface area contributed by atoms with Gasteiger partial charge in [-0.15, -0.1) is 10.2 Å². The van der Waals surface area contributed by atoms with Crippen LogP contribution in [-0.4, -0.2) is 19.8 Å². The molecular formula is C19H13F3N4S. The molecule has 27 heavy (non-hydrogen) atoms. The predicted octanol–water partition coefficient (Wildman–Crippen LogP) is 5.10. The standard InChI is InChI=1S/C19H13F3N4S/c20-19(21,22)15-8-4-5-13(11-15)12-27-17-10-9-16-23-24-18(26(16)25-17)14-6-2-1-3-7-14/h1-11H,12H2. The van der Waals surface area contributed by atoms with E-state index in [0.29, 0.717) is 27.8 Å². The van der Waals surface area contributed by atoms with Crippen molar-refractivity contribution in [2.75, 3.05) is 0 Å². The van der Waals surface area contributed by atoms with E-state index in [1.807, 2.05) is 30.3 Å². The van der Waals surface area contributed by atoms with E-state index in [0.717, 1.165) is 11.6 Å². The molecule has 8 heteroatoms. The lowest BCUT2D eigenvalue weighted by molar-refractivity contribution is -0.137. The largest absolute Gasteiger partial charge is 0.416 e. The number of thioether (sulfide) groups is 1. The molecule has 4 aromatic rings. The normalized spacial score (nSPS) is 11.8. The van der Waals surface area contributed by atoms with Gasteiger partial charge in [0.25, 0.3) is 0 Å². The fourth-order valence-electron chi connectivity index (χ4n) is 2.61. The third-order valence-electron chi connectivity index (χ3n) is 3.91. The zero-order valence-corrected chi connectivity index (χ0v) is 14.7. The van der Waals surface area contributed by atoms with Gasteiger partial charge in [-0.25, -0.2) is 0 Å². The molecule has 0 saturated carbocycles. The highest BCUT2D eigenvalue weighted by atomic mass is 32.2. The van der Waals surface area contributed by atoms with Crippen LogP contribution in [0.4, 0.5) is 13.2 Å². The van der Waals surface area contributed by atoms with E-state index < -0.39 is 11.7 Å². The summed E-state index contributed by atoms with van der Waals surface area (Å²) in [5.74, 6) is 0.998. The number of hydrogen-bond donors (Lipinski definition) is 0. The van der Waals surface area contributed by atoms with Gasteiger partial charge in [-0.2, -0.15) is 22.8 Å². The van der Waals surface area contributed by atoms with Crippen LogP contribution < -0.4 is 0 Å². The third kappa shape index (κ3) is 3.80. The Bertz CT molecular complexity index is 1080. The van der Waals surface area contributed by atoms with Crippen molar-refractivity contribution in [1.82, 2.24) is 19.8 Å². The van der Waals surface area contributed by atoms with Crippen LogP contribution in [0.2, 0.25) is 0 Å². The number of aromatic nitrogens is 4. The Hall–Kier alpha value is -2.87. The van der Waals surface area contributed by atoms with Gasteiger partial charge in [0, 0.05) is 11.3 Å². The maximum atomic E-state index is 12.8. The third-order valence-corrected chi connectivity index (χ3v) is 4.90. The first kappa shape index (κ1) is 17.5. The highest BCUT2D eigenvalue weighted by Gasteiger charge is 2.30. The second-order valence-electron chi connectivity index (χ2n) is 5.82. The van der Waals surface area contributed by atoms with Crippen LogP contribution in [0.15, 0.2) is 71.8 Å². The number of nitrogens with zero attached hydrogens (tertiary/aromatic N) is 4. The zero-order chi connectivity index (χ0) is 18.9. The number of alkyl halides is 3. The van der Waals surface area contributed by atoms with E-state index in [1.54, 1.807) is 22.7 Å². The Morgan fingerprint density at radius 2 is 1.70 bits per heavy atom. The van der Waals surface area contributed by atoms with E-state index in [2.05, 4.69) is 15.3 Å². The molecule has 0 spiro atoms. The van der Waals surface area contributed by atoms with E-state index in [1.165, 1.54) is 23.9 Å². The molecule has 0 unspecified atom stereocenters. The van der Waals surface area contributed by atoms with Gasteiger partial charge in [0.15, 0.2) is 11.5 Å². The highest BCUT2D eigenvalue weighted by Crippen LogP contribution is 2.31. The van der Waals surface area contributed by atoms with Crippen LogP contribution in [-0.2, 0) is 11.9 Å². The van der Waals surface area contributed by atoms with Crippen LogP contribution in [0, 0.1) is 0 Å². The van der Waals surface area contributed by atoms with Gasteiger partial charge in [0.2, 0.25) is 0 Å². The molecule has 0 aliphatic heterocycles. The van der Waals surface area contributed by atoms with Crippen LogP contribution in [0.3, 0.4) is 0 Å². The first-order chi connectivity index (χ1) is 13.0. The van der Waals surface area contributed by atoms with Crippen LogP contribution in [0.1, 0.15) is 11.1 Å². The lowest BCUT2D eigenvalue weighted by atomic mass is 10.1.